The Labute approximate surface area is 126 Å². The normalized spacial score (nSPS) is 41.1. The van der Waals surface area contributed by atoms with Crippen LogP contribution >= 0.6 is 0 Å². The highest BCUT2D eigenvalue weighted by Gasteiger charge is 2.50. The molecule has 0 radical (unpaired) electrons. The van der Waals surface area contributed by atoms with E-state index >= 15 is 0 Å². The average Bonchev–Trinajstić information content (AvgIpc) is 2.33. The van der Waals surface area contributed by atoms with Gasteiger partial charge in [-0.25, -0.2) is 0 Å². The van der Waals surface area contributed by atoms with Gasteiger partial charge in [0.2, 0.25) is 0 Å². The summed E-state index contributed by atoms with van der Waals surface area (Å²) in [5.74, 6) is 5.35. The second-order valence-corrected chi connectivity index (χ2v) is 9.27. The van der Waals surface area contributed by atoms with Crippen LogP contribution in [0.4, 0.5) is 0 Å². The molecule has 1 heteroatoms. The summed E-state index contributed by atoms with van der Waals surface area (Å²) in [5, 5.41) is 3.88. The minimum absolute atomic E-state index is 0.486. The maximum atomic E-state index is 3.88. The fourth-order valence-electron chi connectivity index (χ4n) is 5.91. The maximum absolute atomic E-state index is 3.88. The van der Waals surface area contributed by atoms with Gasteiger partial charge in [0, 0.05) is 6.04 Å². The Kier molecular flexibility index (Phi) is 4.19. The van der Waals surface area contributed by atoms with Gasteiger partial charge in [-0.2, -0.15) is 0 Å². The van der Waals surface area contributed by atoms with E-state index in [-0.39, 0.29) is 0 Å². The largest absolute Gasteiger partial charge is 0.314 e. The lowest BCUT2D eigenvalue weighted by molar-refractivity contribution is -0.0538. The molecule has 4 fully saturated rings. The van der Waals surface area contributed by atoms with E-state index in [1.165, 1.54) is 12.8 Å². The highest BCUT2D eigenvalue weighted by molar-refractivity contribution is 5.01. The summed E-state index contributed by atoms with van der Waals surface area (Å²) in [6.45, 7) is 10.6. The van der Waals surface area contributed by atoms with Crippen LogP contribution in [0.1, 0.15) is 72.6 Å². The maximum Gasteiger partial charge on any atom is 0.0101 e. The zero-order valence-electron chi connectivity index (χ0n) is 14.1. The number of rotatable bonds is 5. The van der Waals surface area contributed by atoms with Crippen molar-refractivity contribution < 1.29 is 0 Å². The molecule has 4 rings (SSSR count). The standard InChI is InChI=1S/C19H35N/c1-5-20-17(6-7-19(2,3)4)18-15-9-13-8-14(11-15)12-16(18)10-13/h13-18,20H,5-12H2,1-4H3. The molecule has 0 saturated heterocycles. The first-order chi connectivity index (χ1) is 9.46. The van der Waals surface area contributed by atoms with E-state index in [9.17, 15) is 0 Å². The lowest BCUT2D eigenvalue weighted by Gasteiger charge is -2.56. The highest BCUT2D eigenvalue weighted by Crippen LogP contribution is 2.57. The third kappa shape index (κ3) is 3.08. The molecule has 0 amide bonds. The summed E-state index contributed by atoms with van der Waals surface area (Å²) in [4.78, 5) is 0. The Bertz CT molecular complexity index is 299. The Morgan fingerprint density at radius 1 is 0.950 bits per heavy atom. The summed E-state index contributed by atoms with van der Waals surface area (Å²) >= 11 is 0. The molecule has 0 aromatic heterocycles. The zero-order valence-corrected chi connectivity index (χ0v) is 14.1. The Morgan fingerprint density at radius 3 is 1.95 bits per heavy atom. The van der Waals surface area contributed by atoms with Gasteiger partial charge in [0.05, 0.1) is 0 Å². The first-order valence-corrected chi connectivity index (χ1v) is 9.19. The van der Waals surface area contributed by atoms with Crippen LogP contribution in [0.25, 0.3) is 0 Å². The molecule has 0 heterocycles. The smallest absolute Gasteiger partial charge is 0.0101 e. The summed E-state index contributed by atoms with van der Waals surface area (Å²) in [6, 6.07) is 0.800. The van der Waals surface area contributed by atoms with E-state index < -0.39 is 0 Å². The molecule has 4 bridgehead atoms. The molecule has 1 atom stereocenters. The lowest BCUT2D eigenvalue weighted by atomic mass is 9.50. The van der Waals surface area contributed by atoms with Gasteiger partial charge >= 0.3 is 0 Å². The second-order valence-electron chi connectivity index (χ2n) is 9.27. The molecule has 4 aliphatic rings. The summed E-state index contributed by atoms with van der Waals surface area (Å²) in [6.07, 6.45) is 10.6. The molecule has 4 saturated carbocycles. The molecular weight excluding hydrogens is 242 g/mol. The molecule has 1 unspecified atom stereocenters. The van der Waals surface area contributed by atoms with Crippen LogP contribution in [0.2, 0.25) is 0 Å². The van der Waals surface area contributed by atoms with E-state index in [2.05, 4.69) is 33.0 Å². The first kappa shape index (κ1) is 14.9. The van der Waals surface area contributed by atoms with Crippen molar-refractivity contribution in [1.29, 1.82) is 0 Å². The van der Waals surface area contributed by atoms with Crippen LogP contribution in [0.15, 0.2) is 0 Å². The van der Waals surface area contributed by atoms with Gasteiger partial charge in [0.1, 0.15) is 0 Å². The number of nitrogens with one attached hydrogen (secondary N) is 1. The molecule has 20 heavy (non-hydrogen) atoms. The molecule has 0 aliphatic heterocycles. The molecule has 4 aliphatic carbocycles. The van der Waals surface area contributed by atoms with Crippen molar-refractivity contribution >= 4 is 0 Å². The van der Waals surface area contributed by atoms with Crippen LogP contribution in [0, 0.1) is 35.0 Å². The zero-order chi connectivity index (χ0) is 14.3. The van der Waals surface area contributed by atoms with Crippen molar-refractivity contribution in [3.05, 3.63) is 0 Å². The Hall–Kier alpha value is -0.0400. The van der Waals surface area contributed by atoms with Crippen molar-refractivity contribution in [2.75, 3.05) is 6.54 Å². The molecule has 1 nitrogen and oxygen atoms in total. The minimum Gasteiger partial charge on any atom is -0.314 e. The predicted molar refractivity (Wildman–Crippen MR) is 86.7 cm³/mol. The van der Waals surface area contributed by atoms with Crippen molar-refractivity contribution in [2.45, 2.75) is 78.7 Å². The minimum atomic E-state index is 0.486. The van der Waals surface area contributed by atoms with Crippen LogP contribution in [-0.2, 0) is 0 Å². The van der Waals surface area contributed by atoms with E-state index in [0.29, 0.717) is 5.41 Å². The third-order valence-corrected chi connectivity index (χ3v) is 6.44. The van der Waals surface area contributed by atoms with E-state index in [4.69, 9.17) is 0 Å². The molecule has 0 aromatic rings. The predicted octanol–water partition coefficient (Wildman–Crippen LogP) is 4.86. The van der Waals surface area contributed by atoms with Crippen molar-refractivity contribution in [3.63, 3.8) is 0 Å². The van der Waals surface area contributed by atoms with Crippen LogP contribution in [-0.4, -0.2) is 12.6 Å². The monoisotopic (exact) mass is 277 g/mol. The molecule has 0 aromatic carbocycles. The highest BCUT2D eigenvalue weighted by atomic mass is 14.9. The van der Waals surface area contributed by atoms with E-state index in [1.807, 2.05) is 0 Å². The van der Waals surface area contributed by atoms with Gasteiger partial charge in [-0.1, -0.05) is 27.7 Å². The van der Waals surface area contributed by atoms with E-state index in [1.54, 1.807) is 32.1 Å². The summed E-state index contributed by atoms with van der Waals surface area (Å²) in [5.41, 5.74) is 0.486. The number of hydrogen-bond acceptors (Lipinski definition) is 1. The summed E-state index contributed by atoms with van der Waals surface area (Å²) in [7, 11) is 0. The fraction of sp³-hybridized carbons (Fsp3) is 1.00. The third-order valence-electron chi connectivity index (χ3n) is 6.44. The lowest BCUT2D eigenvalue weighted by Crippen LogP contribution is -2.53. The second kappa shape index (κ2) is 5.63. The molecule has 1 N–H and O–H groups in total. The van der Waals surface area contributed by atoms with Gasteiger partial charge in [-0.15, -0.1) is 0 Å². The van der Waals surface area contributed by atoms with Gasteiger partial charge in [-0.3, -0.25) is 0 Å². The quantitative estimate of drug-likeness (QED) is 0.756. The fourth-order valence-corrected chi connectivity index (χ4v) is 5.91. The SMILES string of the molecule is CCNC(CCC(C)(C)C)C1C2CC3CC(C2)CC1C3. The van der Waals surface area contributed by atoms with Crippen LogP contribution < -0.4 is 5.32 Å². The van der Waals surface area contributed by atoms with Crippen molar-refractivity contribution in [1.82, 2.24) is 5.32 Å². The topological polar surface area (TPSA) is 12.0 Å². The molecule has 116 valence electrons. The van der Waals surface area contributed by atoms with Crippen molar-refractivity contribution in [2.24, 2.45) is 35.0 Å². The van der Waals surface area contributed by atoms with Crippen LogP contribution in [0.3, 0.4) is 0 Å². The molecular formula is C19H35N. The van der Waals surface area contributed by atoms with Gasteiger partial charge in [0.15, 0.2) is 0 Å². The van der Waals surface area contributed by atoms with Crippen LogP contribution in [0.5, 0.6) is 0 Å². The van der Waals surface area contributed by atoms with Gasteiger partial charge < -0.3 is 5.32 Å². The molecule has 0 spiro atoms. The Morgan fingerprint density at radius 2 is 1.50 bits per heavy atom. The summed E-state index contributed by atoms with van der Waals surface area (Å²) < 4.78 is 0. The average molecular weight is 277 g/mol. The number of hydrogen-bond donors (Lipinski definition) is 1. The van der Waals surface area contributed by atoms with Gasteiger partial charge in [-0.05, 0) is 86.5 Å². The first-order valence-electron chi connectivity index (χ1n) is 9.19. The Balaban J connectivity index is 1.67. The van der Waals surface area contributed by atoms with Crippen molar-refractivity contribution in [3.8, 4) is 0 Å². The van der Waals surface area contributed by atoms with Gasteiger partial charge in [0.25, 0.3) is 0 Å². The van der Waals surface area contributed by atoms with E-state index in [0.717, 1.165) is 42.2 Å².